The zero-order valence-electron chi connectivity index (χ0n) is 18.3. The molecule has 170 valence electrons. The monoisotopic (exact) mass is 487 g/mol. The smallest absolute Gasteiger partial charge is 0.257 e. The highest BCUT2D eigenvalue weighted by Crippen LogP contribution is 2.28. The first-order valence-corrected chi connectivity index (χ1v) is 12.4. The van der Waals surface area contributed by atoms with Gasteiger partial charge >= 0.3 is 0 Å². The summed E-state index contributed by atoms with van der Waals surface area (Å²) in [6.45, 7) is 2.39. The molecule has 0 radical (unpaired) electrons. The first kappa shape index (κ1) is 22.1. The Morgan fingerprint density at radius 1 is 1.03 bits per heavy atom. The lowest BCUT2D eigenvalue weighted by atomic mass is 10.2. The average Bonchev–Trinajstić information content (AvgIpc) is 3.48. The molecule has 7 nitrogen and oxygen atoms in total. The van der Waals surface area contributed by atoms with Crippen molar-refractivity contribution in [2.75, 3.05) is 5.32 Å². The highest BCUT2D eigenvalue weighted by Gasteiger charge is 2.11. The van der Waals surface area contributed by atoms with Gasteiger partial charge in [-0.2, -0.15) is 0 Å². The topological polar surface area (TPSA) is 81.4 Å². The van der Waals surface area contributed by atoms with E-state index in [2.05, 4.69) is 32.6 Å². The second-order valence-electron chi connectivity index (χ2n) is 7.62. The summed E-state index contributed by atoms with van der Waals surface area (Å²) in [7, 11) is 0. The van der Waals surface area contributed by atoms with Gasteiger partial charge in [0.05, 0.1) is 5.69 Å². The van der Waals surface area contributed by atoms with Crippen molar-refractivity contribution in [3.05, 3.63) is 102 Å². The lowest BCUT2D eigenvalue weighted by molar-refractivity contribution is 0.102. The number of pyridine rings is 1. The van der Waals surface area contributed by atoms with Crippen LogP contribution in [-0.2, 0) is 12.4 Å². The molecule has 5 rings (SSSR count). The number of hydrogen-bond acceptors (Lipinski definition) is 7. The fourth-order valence-corrected chi connectivity index (χ4v) is 4.99. The van der Waals surface area contributed by atoms with E-state index in [9.17, 15) is 4.79 Å². The van der Waals surface area contributed by atoms with E-state index in [-0.39, 0.29) is 5.91 Å². The van der Waals surface area contributed by atoms with Crippen molar-refractivity contribution in [2.24, 2.45) is 0 Å². The largest absolute Gasteiger partial charge is 0.487 e. The summed E-state index contributed by atoms with van der Waals surface area (Å²) < 4.78 is 8.64. The minimum atomic E-state index is -0.238. The first-order chi connectivity index (χ1) is 16.6. The Morgan fingerprint density at radius 3 is 2.68 bits per heavy atom. The van der Waals surface area contributed by atoms with Crippen molar-refractivity contribution in [2.45, 2.75) is 23.6 Å². The highest BCUT2D eigenvalue weighted by molar-refractivity contribution is 8.00. The number of imidazole rings is 1. The number of hydrogen-bond donors (Lipinski definition) is 1. The van der Waals surface area contributed by atoms with E-state index < -0.39 is 0 Å². The predicted octanol–water partition coefficient (Wildman–Crippen LogP) is 5.62. The van der Waals surface area contributed by atoms with Crippen molar-refractivity contribution < 1.29 is 9.53 Å². The van der Waals surface area contributed by atoms with E-state index in [1.807, 2.05) is 54.0 Å². The van der Waals surface area contributed by atoms with Crippen LogP contribution in [-0.4, -0.2) is 25.5 Å². The Morgan fingerprint density at radius 2 is 1.85 bits per heavy atom. The van der Waals surface area contributed by atoms with Crippen LogP contribution in [0, 0.1) is 6.92 Å². The van der Waals surface area contributed by atoms with Gasteiger partial charge in [0.1, 0.15) is 18.0 Å². The van der Waals surface area contributed by atoms with Crippen molar-refractivity contribution in [1.29, 1.82) is 0 Å². The zero-order valence-corrected chi connectivity index (χ0v) is 20.0. The molecule has 34 heavy (non-hydrogen) atoms. The molecule has 0 saturated carbocycles. The quantitative estimate of drug-likeness (QED) is 0.226. The summed E-state index contributed by atoms with van der Waals surface area (Å²) in [5.41, 5.74) is 4.62. The van der Waals surface area contributed by atoms with Crippen molar-refractivity contribution >= 4 is 39.8 Å². The van der Waals surface area contributed by atoms with Gasteiger partial charge in [0, 0.05) is 23.7 Å². The first-order valence-electron chi connectivity index (χ1n) is 10.6. The molecule has 2 aromatic carbocycles. The molecular formula is C25H21N5O2S2. The molecule has 0 atom stereocenters. The van der Waals surface area contributed by atoms with E-state index in [0.29, 0.717) is 23.1 Å². The molecule has 3 heterocycles. The van der Waals surface area contributed by atoms with Gasteiger partial charge < -0.3 is 9.14 Å². The number of carbonyl (C=O) groups is 1. The third-order valence-electron chi connectivity index (χ3n) is 4.98. The minimum Gasteiger partial charge on any atom is -0.487 e. The fraction of sp³-hybridized carbons (Fsp3) is 0.120. The van der Waals surface area contributed by atoms with E-state index in [0.717, 1.165) is 21.4 Å². The van der Waals surface area contributed by atoms with Crippen LogP contribution in [0.25, 0.3) is 5.65 Å². The van der Waals surface area contributed by atoms with Gasteiger partial charge in [0.15, 0.2) is 4.34 Å². The molecule has 0 aliphatic heterocycles. The Hall–Kier alpha value is -3.69. The van der Waals surface area contributed by atoms with Crippen molar-refractivity contribution in [3.63, 3.8) is 0 Å². The summed E-state index contributed by atoms with van der Waals surface area (Å²) in [6.07, 6.45) is 3.99. The lowest BCUT2D eigenvalue weighted by Gasteiger charge is -2.05. The molecule has 0 unspecified atom stereocenters. The molecule has 0 bridgehead atoms. The molecule has 3 aromatic heterocycles. The summed E-state index contributed by atoms with van der Waals surface area (Å²) >= 11 is 2.96. The van der Waals surface area contributed by atoms with Gasteiger partial charge in [-0.25, -0.2) is 4.98 Å². The Balaban J connectivity index is 1.14. The number of rotatable bonds is 8. The van der Waals surface area contributed by atoms with Gasteiger partial charge in [-0.3, -0.25) is 10.1 Å². The van der Waals surface area contributed by atoms with Gasteiger partial charge in [0.2, 0.25) is 5.13 Å². The number of benzene rings is 2. The van der Waals surface area contributed by atoms with E-state index in [4.69, 9.17) is 4.74 Å². The van der Waals surface area contributed by atoms with E-state index in [1.165, 1.54) is 22.5 Å². The van der Waals surface area contributed by atoms with Crippen molar-refractivity contribution in [1.82, 2.24) is 19.6 Å². The Bertz CT molecular complexity index is 1410. The molecule has 0 fully saturated rings. The third kappa shape index (κ3) is 5.44. The molecule has 0 spiro atoms. The summed E-state index contributed by atoms with van der Waals surface area (Å²) in [5.74, 6) is 1.23. The lowest BCUT2D eigenvalue weighted by Crippen LogP contribution is -2.11. The summed E-state index contributed by atoms with van der Waals surface area (Å²) in [6, 6.07) is 21.2. The van der Waals surface area contributed by atoms with E-state index in [1.54, 1.807) is 36.0 Å². The van der Waals surface area contributed by atoms with Crippen LogP contribution in [0.4, 0.5) is 5.13 Å². The SMILES string of the molecule is Cc1ccc2nc(COc3ccc(C(=O)Nc4nnc(SCc5ccccc5)s4)cc3)cn2c1. The number of ether oxygens (including phenoxy) is 1. The highest BCUT2D eigenvalue weighted by atomic mass is 32.2. The van der Waals surface area contributed by atoms with Gasteiger partial charge in [-0.15, -0.1) is 10.2 Å². The van der Waals surface area contributed by atoms with Crippen LogP contribution in [0.2, 0.25) is 0 Å². The maximum atomic E-state index is 12.6. The number of carbonyl (C=O) groups excluding carboxylic acids is 1. The number of nitrogens with one attached hydrogen (secondary N) is 1. The number of aryl methyl sites for hydroxylation is 1. The number of anilines is 1. The average molecular weight is 488 g/mol. The second-order valence-corrected chi connectivity index (χ2v) is 9.82. The number of thioether (sulfide) groups is 1. The number of amides is 1. The predicted molar refractivity (Wildman–Crippen MR) is 135 cm³/mol. The van der Waals surface area contributed by atoms with Crippen LogP contribution in [0.3, 0.4) is 0 Å². The summed E-state index contributed by atoms with van der Waals surface area (Å²) in [4.78, 5) is 17.1. The normalized spacial score (nSPS) is 11.0. The molecule has 0 aliphatic carbocycles. The van der Waals surface area contributed by atoms with Crippen LogP contribution < -0.4 is 10.1 Å². The molecule has 0 saturated heterocycles. The standard InChI is InChI=1S/C25H21N5O2S2/c1-17-7-12-22-26-20(14-30(22)13-17)15-32-21-10-8-19(9-11-21)23(31)27-24-28-29-25(34-24)33-16-18-5-3-2-4-6-18/h2-14H,15-16H2,1H3,(H,27,28,31). The van der Waals surface area contributed by atoms with Crippen LogP contribution in [0.1, 0.15) is 27.2 Å². The molecule has 1 N–H and O–H groups in total. The fourth-order valence-electron chi connectivity index (χ4n) is 3.29. The molecular weight excluding hydrogens is 466 g/mol. The summed E-state index contributed by atoms with van der Waals surface area (Å²) in [5, 5.41) is 11.5. The minimum absolute atomic E-state index is 0.238. The molecule has 0 aliphatic rings. The maximum Gasteiger partial charge on any atom is 0.257 e. The second kappa shape index (κ2) is 10.1. The van der Waals surface area contributed by atoms with Crippen molar-refractivity contribution in [3.8, 4) is 5.75 Å². The Labute approximate surface area is 204 Å². The van der Waals surface area contributed by atoms with Crippen LogP contribution in [0.5, 0.6) is 5.75 Å². The van der Waals surface area contributed by atoms with E-state index >= 15 is 0 Å². The van der Waals surface area contributed by atoms with Gasteiger partial charge in [0.25, 0.3) is 5.91 Å². The number of aromatic nitrogens is 4. The number of fused-ring (bicyclic) bond motifs is 1. The maximum absolute atomic E-state index is 12.6. The van der Waals surface area contributed by atoms with Gasteiger partial charge in [-0.1, -0.05) is 59.5 Å². The third-order valence-corrected chi connectivity index (χ3v) is 7.03. The van der Waals surface area contributed by atoms with Crippen LogP contribution >= 0.6 is 23.1 Å². The zero-order chi connectivity index (χ0) is 23.3. The Kier molecular flexibility index (Phi) is 6.55. The van der Waals surface area contributed by atoms with Crippen LogP contribution in [0.15, 0.2) is 83.5 Å². The molecule has 5 aromatic rings. The molecule has 1 amide bonds. The molecule has 9 heteroatoms. The van der Waals surface area contributed by atoms with Gasteiger partial charge in [-0.05, 0) is 48.4 Å². The number of nitrogens with zero attached hydrogens (tertiary/aromatic N) is 4.